The zero-order chi connectivity index (χ0) is 18.7. The number of nitrogens with zero attached hydrogens (tertiary/aromatic N) is 3. The highest BCUT2D eigenvalue weighted by molar-refractivity contribution is 6.03. The van der Waals surface area contributed by atoms with Crippen molar-refractivity contribution in [2.75, 3.05) is 23.3 Å². The van der Waals surface area contributed by atoms with E-state index in [0.717, 1.165) is 56.0 Å². The fraction of sp³-hybridized carbons (Fsp3) is 0.389. The van der Waals surface area contributed by atoms with Crippen LogP contribution in [0, 0.1) is 5.92 Å². The van der Waals surface area contributed by atoms with Gasteiger partial charge in [0.05, 0.1) is 5.56 Å². The third kappa shape index (κ3) is 4.30. The van der Waals surface area contributed by atoms with Gasteiger partial charge in [0.2, 0.25) is 0 Å². The van der Waals surface area contributed by atoms with Gasteiger partial charge in [0.25, 0.3) is 5.91 Å². The van der Waals surface area contributed by atoms with E-state index in [1.165, 1.54) is 0 Å². The molecule has 2 heterocycles. The molecule has 0 radical (unpaired) electrons. The summed E-state index contributed by atoms with van der Waals surface area (Å²) < 4.78 is 37.7. The molecule has 138 valence electrons. The number of halogens is 3. The number of hydrogen-bond donors (Lipinski definition) is 1. The first kappa shape index (κ1) is 18.2. The molecule has 0 saturated carbocycles. The van der Waals surface area contributed by atoms with Crippen LogP contribution in [0.1, 0.15) is 35.7 Å². The Morgan fingerprint density at radius 3 is 2.27 bits per heavy atom. The average molecular weight is 364 g/mol. The molecule has 26 heavy (non-hydrogen) atoms. The molecule has 1 N–H and O–H groups in total. The second-order valence-corrected chi connectivity index (χ2v) is 6.48. The molecule has 0 aliphatic carbocycles. The lowest BCUT2D eigenvalue weighted by Crippen LogP contribution is -2.33. The maximum Gasteiger partial charge on any atom is 0.416 e. The number of rotatable bonds is 3. The van der Waals surface area contributed by atoms with Gasteiger partial charge in [-0.25, -0.2) is 0 Å². The van der Waals surface area contributed by atoms with E-state index < -0.39 is 17.6 Å². The van der Waals surface area contributed by atoms with Crippen molar-refractivity contribution >= 4 is 17.5 Å². The first-order valence-corrected chi connectivity index (χ1v) is 8.40. The van der Waals surface area contributed by atoms with Crippen molar-refractivity contribution in [2.24, 2.45) is 5.92 Å². The first-order valence-electron chi connectivity index (χ1n) is 8.40. The lowest BCUT2D eigenvalue weighted by molar-refractivity contribution is -0.137. The van der Waals surface area contributed by atoms with Crippen molar-refractivity contribution in [3.05, 3.63) is 47.5 Å². The summed E-state index contributed by atoms with van der Waals surface area (Å²) in [4.78, 5) is 14.3. The fourth-order valence-corrected chi connectivity index (χ4v) is 2.80. The first-order chi connectivity index (χ1) is 12.3. The highest BCUT2D eigenvalue weighted by Gasteiger charge is 2.30. The van der Waals surface area contributed by atoms with Crippen LogP contribution < -0.4 is 10.2 Å². The Labute approximate surface area is 149 Å². The normalized spacial score (nSPS) is 15.8. The minimum Gasteiger partial charge on any atom is -0.355 e. The predicted molar refractivity (Wildman–Crippen MR) is 92.0 cm³/mol. The molecular weight excluding hydrogens is 345 g/mol. The molecule has 1 amide bonds. The largest absolute Gasteiger partial charge is 0.416 e. The van der Waals surface area contributed by atoms with Gasteiger partial charge in [0.1, 0.15) is 0 Å². The van der Waals surface area contributed by atoms with Gasteiger partial charge in [-0.15, -0.1) is 10.2 Å². The summed E-state index contributed by atoms with van der Waals surface area (Å²) in [5.74, 6) is 1.18. The number of carbonyl (C=O) groups excluding carboxylic acids is 1. The third-order valence-corrected chi connectivity index (χ3v) is 4.47. The second-order valence-electron chi connectivity index (χ2n) is 6.48. The highest BCUT2D eigenvalue weighted by Crippen LogP contribution is 2.29. The maximum atomic E-state index is 12.6. The summed E-state index contributed by atoms with van der Waals surface area (Å²) in [7, 11) is 0. The van der Waals surface area contributed by atoms with Gasteiger partial charge in [0.15, 0.2) is 11.6 Å². The lowest BCUT2D eigenvalue weighted by atomic mass is 9.99. The third-order valence-electron chi connectivity index (χ3n) is 4.47. The maximum absolute atomic E-state index is 12.6. The van der Waals surface area contributed by atoms with Gasteiger partial charge in [-0.05, 0) is 55.2 Å². The van der Waals surface area contributed by atoms with Crippen LogP contribution in [0.2, 0.25) is 0 Å². The molecule has 1 aliphatic rings. The molecule has 2 aromatic rings. The number of hydrogen-bond acceptors (Lipinski definition) is 4. The van der Waals surface area contributed by atoms with Crippen LogP contribution in [0.25, 0.3) is 0 Å². The van der Waals surface area contributed by atoms with E-state index >= 15 is 0 Å². The zero-order valence-electron chi connectivity index (χ0n) is 14.3. The van der Waals surface area contributed by atoms with E-state index in [1.807, 2.05) is 0 Å². The van der Waals surface area contributed by atoms with Crippen molar-refractivity contribution in [3.63, 3.8) is 0 Å². The van der Waals surface area contributed by atoms with Gasteiger partial charge < -0.3 is 10.2 Å². The van der Waals surface area contributed by atoms with Gasteiger partial charge >= 0.3 is 6.18 Å². The molecule has 1 saturated heterocycles. The summed E-state index contributed by atoms with van der Waals surface area (Å²) in [5.41, 5.74) is -0.678. The molecule has 1 aromatic carbocycles. The van der Waals surface area contributed by atoms with E-state index in [9.17, 15) is 18.0 Å². The fourth-order valence-electron chi connectivity index (χ4n) is 2.80. The molecule has 0 unspecified atom stereocenters. The molecular formula is C18H19F3N4O. The molecule has 0 bridgehead atoms. The zero-order valence-corrected chi connectivity index (χ0v) is 14.3. The van der Waals surface area contributed by atoms with Gasteiger partial charge in [-0.1, -0.05) is 6.92 Å². The number of alkyl halides is 3. The van der Waals surface area contributed by atoms with E-state index in [0.29, 0.717) is 5.92 Å². The summed E-state index contributed by atoms with van der Waals surface area (Å²) in [6.45, 7) is 4.07. The van der Waals surface area contributed by atoms with Gasteiger partial charge in [0, 0.05) is 18.7 Å². The van der Waals surface area contributed by atoms with Crippen molar-refractivity contribution < 1.29 is 18.0 Å². The summed E-state index contributed by atoms with van der Waals surface area (Å²) in [5, 5.41) is 10.7. The van der Waals surface area contributed by atoms with Crippen LogP contribution in [-0.4, -0.2) is 29.2 Å². The SMILES string of the molecule is CC1CCN(c2ccc(NC(=O)c3ccc(C(F)(F)F)cc3)nn2)CC1. The van der Waals surface area contributed by atoms with Crippen LogP contribution in [0.5, 0.6) is 0 Å². The Hall–Kier alpha value is -2.64. The summed E-state index contributed by atoms with van der Waals surface area (Å²) in [6, 6.07) is 7.44. The molecule has 0 spiro atoms. The molecule has 0 atom stereocenters. The Morgan fingerprint density at radius 1 is 1.08 bits per heavy atom. The Balaban J connectivity index is 1.62. The highest BCUT2D eigenvalue weighted by atomic mass is 19.4. The molecule has 1 aliphatic heterocycles. The van der Waals surface area contributed by atoms with Crippen molar-refractivity contribution in [1.29, 1.82) is 0 Å². The van der Waals surface area contributed by atoms with Gasteiger partial charge in [-0.3, -0.25) is 4.79 Å². The molecule has 5 nitrogen and oxygen atoms in total. The number of piperidine rings is 1. The standard InChI is InChI=1S/C18H19F3N4O/c1-12-8-10-25(11-9-12)16-7-6-15(23-24-16)22-17(26)13-2-4-14(5-3-13)18(19,20)21/h2-7,12H,8-11H2,1H3,(H,22,23,26). The molecule has 1 aromatic heterocycles. The molecule has 1 fully saturated rings. The monoisotopic (exact) mass is 364 g/mol. The molecule has 8 heteroatoms. The predicted octanol–water partition coefficient (Wildman–Crippen LogP) is 3.98. The topological polar surface area (TPSA) is 58.1 Å². The van der Waals surface area contributed by atoms with Crippen molar-refractivity contribution in [3.8, 4) is 0 Å². The lowest BCUT2D eigenvalue weighted by Gasteiger charge is -2.30. The smallest absolute Gasteiger partial charge is 0.355 e. The van der Waals surface area contributed by atoms with Crippen LogP contribution in [-0.2, 0) is 6.18 Å². The number of anilines is 2. The average Bonchev–Trinajstić information content (AvgIpc) is 2.62. The Morgan fingerprint density at radius 2 is 1.73 bits per heavy atom. The number of carbonyl (C=O) groups is 1. The quantitative estimate of drug-likeness (QED) is 0.895. The number of aromatic nitrogens is 2. The van der Waals surface area contributed by atoms with Crippen LogP contribution in [0.4, 0.5) is 24.8 Å². The number of amides is 1. The van der Waals surface area contributed by atoms with Crippen LogP contribution >= 0.6 is 0 Å². The summed E-state index contributed by atoms with van der Waals surface area (Å²) in [6.07, 6.45) is -2.22. The van der Waals surface area contributed by atoms with E-state index in [4.69, 9.17) is 0 Å². The van der Waals surface area contributed by atoms with Crippen LogP contribution in [0.3, 0.4) is 0 Å². The van der Waals surface area contributed by atoms with E-state index in [2.05, 4.69) is 27.3 Å². The van der Waals surface area contributed by atoms with Crippen LogP contribution in [0.15, 0.2) is 36.4 Å². The Bertz CT molecular complexity index is 752. The molecule has 3 rings (SSSR count). The van der Waals surface area contributed by atoms with E-state index in [-0.39, 0.29) is 11.4 Å². The summed E-state index contributed by atoms with van der Waals surface area (Å²) >= 11 is 0. The van der Waals surface area contributed by atoms with E-state index in [1.54, 1.807) is 12.1 Å². The number of benzene rings is 1. The van der Waals surface area contributed by atoms with Crippen molar-refractivity contribution in [1.82, 2.24) is 10.2 Å². The Kier molecular flexibility index (Phi) is 5.11. The second kappa shape index (κ2) is 7.31. The van der Waals surface area contributed by atoms with Crippen molar-refractivity contribution in [2.45, 2.75) is 25.9 Å². The minimum absolute atomic E-state index is 0.119. The van der Waals surface area contributed by atoms with Gasteiger partial charge in [-0.2, -0.15) is 13.2 Å². The number of nitrogens with one attached hydrogen (secondary N) is 1. The minimum atomic E-state index is -4.43.